The van der Waals surface area contributed by atoms with Gasteiger partial charge >= 0.3 is 5.97 Å². The van der Waals surface area contributed by atoms with E-state index in [-0.39, 0.29) is 11.8 Å². The van der Waals surface area contributed by atoms with Gasteiger partial charge in [0.2, 0.25) is 0 Å². The van der Waals surface area contributed by atoms with Crippen molar-refractivity contribution in [3.05, 3.63) is 0 Å². The van der Waals surface area contributed by atoms with Crippen LogP contribution in [0.5, 0.6) is 0 Å². The van der Waals surface area contributed by atoms with E-state index in [2.05, 4.69) is 25.8 Å². The maximum absolute atomic E-state index is 10.6. The zero-order valence-corrected chi connectivity index (χ0v) is 10.0. The van der Waals surface area contributed by atoms with Gasteiger partial charge in [-0.1, -0.05) is 13.8 Å². The first-order valence-electron chi connectivity index (χ1n) is 5.16. The molecule has 0 amide bonds. The summed E-state index contributed by atoms with van der Waals surface area (Å²) < 4.78 is 0. The predicted octanol–water partition coefficient (Wildman–Crippen LogP) is 2.22. The molecule has 0 bridgehead atoms. The normalized spacial score (nSPS) is 12.5. The van der Waals surface area contributed by atoms with Crippen LogP contribution in [0.3, 0.4) is 0 Å². The van der Waals surface area contributed by atoms with Gasteiger partial charge in [0.1, 0.15) is 0 Å². The number of carboxylic acids is 1. The molecule has 14 heavy (non-hydrogen) atoms. The second kappa shape index (κ2) is 5.35. The van der Waals surface area contributed by atoms with Crippen LogP contribution in [0.2, 0.25) is 0 Å². The van der Waals surface area contributed by atoms with Crippen LogP contribution in [-0.2, 0) is 4.79 Å². The van der Waals surface area contributed by atoms with Gasteiger partial charge in [-0.3, -0.25) is 4.79 Å². The number of nitrogens with zero attached hydrogens (tertiary/aromatic N) is 1. The van der Waals surface area contributed by atoms with Gasteiger partial charge in [0.25, 0.3) is 0 Å². The number of hydrogen-bond donors (Lipinski definition) is 1. The number of hydrogen-bond acceptors (Lipinski definition) is 2. The van der Waals surface area contributed by atoms with Gasteiger partial charge in [0.05, 0.1) is 6.42 Å². The van der Waals surface area contributed by atoms with Crippen molar-refractivity contribution in [1.29, 1.82) is 0 Å². The highest BCUT2D eigenvalue weighted by Crippen LogP contribution is 2.25. The molecular formula is C11H23NO2. The topological polar surface area (TPSA) is 40.5 Å². The predicted molar refractivity (Wildman–Crippen MR) is 58.4 cm³/mol. The summed E-state index contributed by atoms with van der Waals surface area (Å²) in [7, 11) is 2.07. The summed E-state index contributed by atoms with van der Waals surface area (Å²) in [5.74, 6) is -0.706. The molecule has 0 radical (unpaired) electrons. The average Bonchev–Trinajstić information content (AvgIpc) is 1.97. The van der Waals surface area contributed by atoms with E-state index in [1.807, 2.05) is 13.8 Å². The lowest BCUT2D eigenvalue weighted by Gasteiger charge is -2.28. The van der Waals surface area contributed by atoms with E-state index in [9.17, 15) is 4.79 Å². The van der Waals surface area contributed by atoms with Gasteiger partial charge in [-0.2, -0.15) is 0 Å². The molecule has 0 saturated carbocycles. The Labute approximate surface area is 87.1 Å². The molecule has 0 aromatic rings. The molecule has 0 aromatic heterocycles. The average molecular weight is 201 g/mol. The molecule has 84 valence electrons. The molecule has 0 rings (SSSR count). The van der Waals surface area contributed by atoms with Crippen LogP contribution in [0.1, 0.15) is 40.5 Å². The van der Waals surface area contributed by atoms with Gasteiger partial charge in [-0.15, -0.1) is 0 Å². The third-order valence-electron chi connectivity index (χ3n) is 2.65. The number of aliphatic carboxylic acids is 1. The second-order valence-electron chi connectivity index (χ2n) is 5.06. The molecule has 3 heteroatoms. The van der Waals surface area contributed by atoms with Crippen LogP contribution >= 0.6 is 0 Å². The molecule has 0 atom stereocenters. The summed E-state index contributed by atoms with van der Waals surface area (Å²) in [4.78, 5) is 12.8. The summed E-state index contributed by atoms with van der Waals surface area (Å²) in [5, 5.41) is 8.71. The summed E-state index contributed by atoms with van der Waals surface area (Å²) in [5.41, 5.74) is -0.102. The van der Waals surface area contributed by atoms with Crippen LogP contribution in [0, 0.1) is 5.41 Å². The maximum atomic E-state index is 10.6. The first-order valence-corrected chi connectivity index (χ1v) is 5.16. The third kappa shape index (κ3) is 5.97. The fourth-order valence-corrected chi connectivity index (χ4v) is 1.23. The SMILES string of the molecule is CC(C)N(C)CCC(C)(C)CC(=O)O. The van der Waals surface area contributed by atoms with Gasteiger partial charge < -0.3 is 10.0 Å². The summed E-state index contributed by atoms with van der Waals surface area (Å²) >= 11 is 0. The number of carboxylic acid groups (broad SMARTS) is 1. The maximum Gasteiger partial charge on any atom is 0.303 e. The lowest BCUT2D eigenvalue weighted by molar-refractivity contribution is -0.139. The highest BCUT2D eigenvalue weighted by atomic mass is 16.4. The molecule has 0 spiro atoms. The van der Waals surface area contributed by atoms with Crippen molar-refractivity contribution in [2.45, 2.75) is 46.6 Å². The van der Waals surface area contributed by atoms with E-state index in [0.29, 0.717) is 6.04 Å². The highest BCUT2D eigenvalue weighted by Gasteiger charge is 2.22. The molecule has 0 fully saturated rings. The Morgan fingerprint density at radius 2 is 1.93 bits per heavy atom. The van der Waals surface area contributed by atoms with Crippen molar-refractivity contribution >= 4 is 5.97 Å². The first-order chi connectivity index (χ1) is 6.24. The van der Waals surface area contributed by atoms with E-state index in [1.54, 1.807) is 0 Å². The Kier molecular flexibility index (Phi) is 5.13. The van der Waals surface area contributed by atoms with Crippen LogP contribution in [0.25, 0.3) is 0 Å². The molecule has 0 aliphatic heterocycles. The van der Waals surface area contributed by atoms with E-state index in [4.69, 9.17) is 5.11 Å². The zero-order valence-electron chi connectivity index (χ0n) is 10.0. The Morgan fingerprint density at radius 3 is 2.29 bits per heavy atom. The van der Waals surface area contributed by atoms with Gasteiger partial charge in [0.15, 0.2) is 0 Å². The quantitative estimate of drug-likeness (QED) is 0.716. The standard InChI is InChI=1S/C11H23NO2/c1-9(2)12(5)7-6-11(3,4)8-10(13)14/h9H,6-8H2,1-5H3,(H,13,14). The summed E-state index contributed by atoms with van der Waals surface area (Å²) in [6.45, 7) is 9.26. The molecule has 0 aliphatic rings. The molecule has 0 unspecified atom stereocenters. The van der Waals surface area contributed by atoms with Crippen molar-refractivity contribution in [2.24, 2.45) is 5.41 Å². The van der Waals surface area contributed by atoms with E-state index < -0.39 is 5.97 Å². The minimum absolute atomic E-state index is 0.102. The smallest absolute Gasteiger partial charge is 0.303 e. The van der Waals surface area contributed by atoms with Gasteiger partial charge in [-0.05, 0) is 39.3 Å². The molecule has 0 saturated heterocycles. The lowest BCUT2D eigenvalue weighted by Crippen LogP contribution is -2.31. The third-order valence-corrected chi connectivity index (χ3v) is 2.65. The first kappa shape index (κ1) is 13.4. The lowest BCUT2D eigenvalue weighted by atomic mass is 9.85. The Hall–Kier alpha value is -0.570. The highest BCUT2D eigenvalue weighted by molar-refractivity contribution is 5.67. The van der Waals surface area contributed by atoms with Crippen LogP contribution in [0.4, 0.5) is 0 Å². The summed E-state index contributed by atoms with van der Waals surface area (Å²) in [6.07, 6.45) is 1.17. The van der Waals surface area contributed by atoms with Crippen molar-refractivity contribution in [2.75, 3.05) is 13.6 Å². The summed E-state index contributed by atoms with van der Waals surface area (Å²) in [6, 6.07) is 0.524. The molecule has 0 aromatic carbocycles. The monoisotopic (exact) mass is 201 g/mol. The Morgan fingerprint density at radius 1 is 1.43 bits per heavy atom. The van der Waals surface area contributed by atoms with Crippen LogP contribution in [0.15, 0.2) is 0 Å². The van der Waals surface area contributed by atoms with E-state index in [0.717, 1.165) is 13.0 Å². The minimum atomic E-state index is -0.706. The largest absolute Gasteiger partial charge is 0.481 e. The molecule has 0 heterocycles. The van der Waals surface area contributed by atoms with Crippen molar-refractivity contribution in [3.8, 4) is 0 Å². The Bertz CT molecular complexity index is 188. The Balaban J connectivity index is 3.92. The second-order valence-corrected chi connectivity index (χ2v) is 5.06. The fraction of sp³-hybridized carbons (Fsp3) is 0.909. The van der Waals surface area contributed by atoms with Crippen molar-refractivity contribution < 1.29 is 9.90 Å². The minimum Gasteiger partial charge on any atom is -0.481 e. The fourth-order valence-electron chi connectivity index (χ4n) is 1.23. The molecular weight excluding hydrogens is 178 g/mol. The number of rotatable bonds is 6. The van der Waals surface area contributed by atoms with Crippen molar-refractivity contribution in [1.82, 2.24) is 4.90 Å². The van der Waals surface area contributed by atoms with Crippen molar-refractivity contribution in [3.63, 3.8) is 0 Å². The zero-order chi connectivity index (χ0) is 11.4. The van der Waals surface area contributed by atoms with Crippen LogP contribution < -0.4 is 0 Å². The van der Waals surface area contributed by atoms with Gasteiger partial charge in [0, 0.05) is 6.04 Å². The molecule has 1 N–H and O–H groups in total. The van der Waals surface area contributed by atoms with E-state index in [1.165, 1.54) is 0 Å². The van der Waals surface area contributed by atoms with E-state index >= 15 is 0 Å². The van der Waals surface area contributed by atoms with Crippen LogP contribution in [-0.4, -0.2) is 35.6 Å². The number of carbonyl (C=O) groups is 1. The van der Waals surface area contributed by atoms with Gasteiger partial charge in [-0.25, -0.2) is 0 Å². The molecule has 3 nitrogen and oxygen atoms in total. The molecule has 0 aliphatic carbocycles.